The van der Waals surface area contributed by atoms with Gasteiger partial charge in [0.1, 0.15) is 11.6 Å². The number of fused-ring (bicyclic) bond motifs is 1. The molecule has 0 aromatic heterocycles. The van der Waals surface area contributed by atoms with E-state index >= 15 is 0 Å². The van der Waals surface area contributed by atoms with Crippen LogP contribution in [0.15, 0.2) is 41.3 Å². The highest BCUT2D eigenvalue weighted by Gasteiger charge is 2.24. The number of nitrogens with zero attached hydrogens (tertiary/aromatic N) is 2. The number of halogens is 1. The fourth-order valence-corrected chi connectivity index (χ4v) is 4.01. The van der Waals surface area contributed by atoms with E-state index in [1.807, 2.05) is 6.07 Å². The fourth-order valence-electron chi connectivity index (χ4n) is 3.06. The first-order valence-electron chi connectivity index (χ1n) is 7.96. The van der Waals surface area contributed by atoms with Crippen LogP contribution in [0.4, 0.5) is 10.1 Å². The maximum atomic E-state index is 13.6. The van der Waals surface area contributed by atoms with Crippen LogP contribution in [0.1, 0.15) is 11.1 Å². The molecule has 0 radical (unpaired) electrons. The molecule has 0 aliphatic carbocycles. The van der Waals surface area contributed by atoms with Crippen molar-refractivity contribution in [2.24, 2.45) is 0 Å². The Morgan fingerprint density at radius 3 is 2.64 bits per heavy atom. The van der Waals surface area contributed by atoms with E-state index in [0.29, 0.717) is 17.2 Å². The molecule has 2 aromatic carbocycles. The predicted octanol–water partition coefficient (Wildman–Crippen LogP) is 2.65. The van der Waals surface area contributed by atoms with Crippen molar-refractivity contribution in [3.8, 4) is 5.75 Å². The largest absolute Gasteiger partial charge is 0.496 e. The van der Waals surface area contributed by atoms with Crippen molar-refractivity contribution in [3.05, 3.63) is 53.3 Å². The topological polar surface area (TPSA) is 49.9 Å². The van der Waals surface area contributed by atoms with Crippen LogP contribution in [0.3, 0.4) is 0 Å². The monoisotopic (exact) mass is 364 g/mol. The lowest BCUT2D eigenvalue weighted by Gasteiger charge is -2.21. The summed E-state index contributed by atoms with van der Waals surface area (Å²) in [6, 6.07) is 9.64. The molecule has 1 heterocycles. The average Bonchev–Trinajstić information content (AvgIpc) is 2.97. The van der Waals surface area contributed by atoms with Crippen molar-refractivity contribution in [2.45, 2.75) is 17.9 Å². The molecule has 134 valence electrons. The van der Waals surface area contributed by atoms with Gasteiger partial charge >= 0.3 is 0 Å². The van der Waals surface area contributed by atoms with Crippen LogP contribution in [0.5, 0.6) is 5.75 Å². The summed E-state index contributed by atoms with van der Waals surface area (Å²) in [6.07, 6.45) is 0.754. The Morgan fingerprint density at radius 1 is 1.20 bits per heavy atom. The summed E-state index contributed by atoms with van der Waals surface area (Å²) < 4.78 is 44.6. The van der Waals surface area contributed by atoms with E-state index in [-0.39, 0.29) is 5.82 Å². The van der Waals surface area contributed by atoms with Crippen LogP contribution >= 0.6 is 0 Å². The van der Waals surface area contributed by atoms with Crippen molar-refractivity contribution in [3.63, 3.8) is 0 Å². The number of anilines is 1. The second kappa shape index (κ2) is 6.65. The van der Waals surface area contributed by atoms with Gasteiger partial charge in [-0.1, -0.05) is 0 Å². The van der Waals surface area contributed by atoms with Crippen molar-refractivity contribution < 1.29 is 17.5 Å². The van der Waals surface area contributed by atoms with Gasteiger partial charge in [0.2, 0.25) is 10.0 Å². The molecule has 2 aromatic rings. The van der Waals surface area contributed by atoms with E-state index in [9.17, 15) is 12.8 Å². The summed E-state index contributed by atoms with van der Waals surface area (Å²) in [5.74, 6) is 0.337. The van der Waals surface area contributed by atoms with Gasteiger partial charge in [0.15, 0.2) is 0 Å². The fraction of sp³-hybridized carbons (Fsp3) is 0.333. The molecular formula is C18H21FN2O3S. The summed E-state index contributed by atoms with van der Waals surface area (Å²) in [7, 11) is 1.15. The molecule has 1 aliphatic rings. The molecule has 0 fully saturated rings. The molecule has 0 N–H and O–H groups in total. The molecule has 25 heavy (non-hydrogen) atoms. The quantitative estimate of drug-likeness (QED) is 0.818. The highest BCUT2D eigenvalue weighted by molar-refractivity contribution is 7.89. The number of sulfonamides is 1. The molecular weight excluding hydrogens is 343 g/mol. The summed E-state index contributed by atoms with van der Waals surface area (Å²) in [6.45, 7) is 1.26. The van der Waals surface area contributed by atoms with Crippen LogP contribution in [0.2, 0.25) is 0 Å². The van der Waals surface area contributed by atoms with Gasteiger partial charge in [-0.2, -0.15) is 0 Å². The van der Waals surface area contributed by atoms with E-state index in [1.54, 1.807) is 25.3 Å². The molecule has 0 unspecified atom stereocenters. The van der Waals surface area contributed by atoms with Crippen LogP contribution in [-0.2, 0) is 23.0 Å². The SMILES string of the molecule is COc1ccc(F)cc1CN1CCc2cc(S(=O)(=O)N(C)C)ccc21. The Bertz CT molecular complexity index is 897. The van der Waals surface area contributed by atoms with Gasteiger partial charge < -0.3 is 9.64 Å². The second-order valence-electron chi connectivity index (χ2n) is 6.21. The Balaban J connectivity index is 1.90. The molecule has 7 heteroatoms. The van der Waals surface area contributed by atoms with Gasteiger partial charge in [-0.15, -0.1) is 0 Å². The molecule has 0 saturated carbocycles. The first kappa shape index (κ1) is 17.7. The lowest BCUT2D eigenvalue weighted by Crippen LogP contribution is -2.22. The number of ether oxygens (including phenoxy) is 1. The Kier molecular flexibility index (Phi) is 4.71. The Hall–Kier alpha value is -2.12. The van der Waals surface area contributed by atoms with E-state index < -0.39 is 10.0 Å². The van der Waals surface area contributed by atoms with E-state index in [0.717, 1.165) is 29.8 Å². The number of benzene rings is 2. The molecule has 0 bridgehead atoms. The van der Waals surface area contributed by atoms with E-state index in [4.69, 9.17) is 4.74 Å². The second-order valence-corrected chi connectivity index (χ2v) is 8.36. The number of hydrogen-bond acceptors (Lipinski definition) is 4. The first-order valence-corrected chi connectivity index (χ1v) is 9.40. The standard InChI is InChI=1S/C18H21FN2O3S/c1-20(2)25(22,23)16-5-6-17-13(11-16)8-9-21(17)12-14-10-15(19)4-7-18(14)24-3/h4-7,10-11H,8-9,12H2,1-3H3. The Labute approximate surface area is 147 Å². The van der Waals surface area contributed by atoms with Crippen molar-refractivity contribution in [2.75, 3.05) is 32.6 Å². The minimum absolute atomic E-state index is 0.293. The van der Waals surface area contributed by atoms with Crippen LogP contribution in [0, 0.1) is 5.82 Å². The van der Waals surface area contributed by atoms with Gasteiger partial charge in [0.25, 0.3) is 0 Å². The molecule has 0 atom stereocenters. The molecule has 0 spiro atoms. The third-order valence-corrected chi connectivity index (χ3v) is 6.24. The van der Waals surface area contributed by atoms with Crippen molar-refractivity contribution in [1.82, 2.24) is 4.31 Å². The number of hydrogen-bond donors (Lipinski definition) is 0. The lowest BCUT2D eigenvalue weighted by molar-refractivity contribution is 0.408. The summed E-state index contributed by atoms with van der Waals surface area (Å²) in [5.41, 5.74) is 2.72. The normalized spacial score (nSPS) is 14.0. The smallest absolute Gasteiger partial charge is 0.242 e. The van der Waals surface area contributed by atoms with Crippen LogP contribution < -0.4 is 9.64 Å². The summed E-state index contributed by atoms with van der Waals surface area (Å²) in [4.78, 5) is 2.40. The van der Waals surface area contributed by atoms with Crippen LogP contribution in [-0.4, -0.2) is 40.5 Å². The third-order valence-electron chi connectivity index (χ3n) is 4.42. The molecule has 5 nitrogen and oxygen atoms in total. The highest BCUT2D eigenvalue weighted by atomic mass is 32.2. The summed E-state index contributed by atoms with van der Waals surface area (Å²) in [5, 5.41) is 0. The molecule has 0 amide bonds. The maximum Gasteiger partial charge on any atom is 0.242 e. The van der Waals surface area contributed by atoms with Crippen molar-refractivity contribution >= 4 is 15.7 Å². The Morgan fingerprint density at radius 2 is 1.96 bits per heavy atom. The highest BCUT2D eigenvalue weighted by Crippen LogP contribution is 2.33. The number of methoxy groups -OCH3 is 1. The zero-order chi connectivity index (χ0) is 18.2. The van der Waals surface area contributed by atoms with Gasteiger partial charge in [0.05, 0.1) is 12.0 Å². The molecule has 0 saturated heterocycles. The van der Waals surface area contributed by atoms with Gasteiger partial charge in [-0.05, 0) is 48.4 Å². The van der Waals surface area contributed by atoms with Crippen LogP contribution in [0.25, 0.3) is 0 Å². The van der Waals surface area contributed by atoms with E-state index in [1.165, 1.54) is 30.5 Å². The maximum absolute atomic E-state index is 13.6. The van der Waals surface area contributed by atoms with Gasteiger partial charge in [-0.3, -0.25) is 0 Å². The molecule has 1 aliphatic heterocycles. The first-order chi connectivity index (χ1) is 11.8. The van der Waals surface area contributed by atoms with Gasteiger partial charge in [0, 0.05) is 38.4 Å². The minimum Gasteiger partial charge on any atom is -0.496 e. The minimum atomic E-state index is -3.45. The summed E-state index contributed by atoms with van der Waals surface area (Å²) >= 11 is 0. The zero-order valence-corrected chi connectivity index (χ0v) is 15.3. The van der Waals surface area contributed by atoms with Crippen molar-refractivity contribution in [1.29, 1.82) is 0 Å². The third kappa shape index (κ3) is 3.34. The van der Waals surface area contributed by atoms with E-state index in [2.05, 4.69) is 4.90 Å². The lowest BCUT2D eigenvalue weighted by atomic mass is 10.1. The molecule has 3 rings (SSSR count). The average molecular weight is 364 g/mol. The zero-order valence-electron chi connectivity index (χ0n) is 14.5. The van der Waals surface area contributed by atoms with Gasteiger partial charge in [-0.25, -0.2) is 17.1 Å². The number of rotatable bonds is 5. The predicted molar refractivity (Wildman–Crippen MR) is 95.0 cm³/mol.